The van der Waals surface area contributed by atoms with Gasteiger partial charge >= 0.3 is 0 Å². The van der Waals surface area contributed by atoms with Crippen molar-refractivity contribution in [1.29, 1.82) is 0 Å². The molecule has 0 spiro atoms. The minimum atomic E-state index is 0.534. The summed E-state index contributed by atoms with van der Waals surface area (Å²) in [5.74, 6) is 0.919. The van der Waals surface area contributed by atoms with Crippen molar-refractivity contribution in [2.45, 2.75) is 13.2 Å². The second kappa shape index (κ2) is 6.82. The molecule has 0 saturated heterocycles. The number of hydrogen-bond donors (Lipinski definition) is 1. The van der Waals surface area contributed by atoms with Crippen LogP contribution in [0.4, 0.5) is 0 Å². The first-order chi connectivity index (χ1) is 10.8. The van der Waals surface area contributed by atoms with Crippen molar-refractivity contribution >= 4 is 22.4 Å². The van der Waals surface area contributed by atoms with Crippen LogP contribution in [0, 0.1) is 0 Å². The molecule has 1 N–H and O–H groups in total. The maximum atomic E-state index is 6.04. The third-order valence-electron chi connectivity index (χ3n) is 3.66. The van der Waals surface area contributed by atoms with Gasteiger partial charge in [0.2, 0.25) is 0 Å². The van der Waals surface area contributed by atoms with Crippen LogP contribution in [-0.2, 0) is 13.2 Å². The van der Waals surface area contributed by atoms with Gasteiger partial charge in [-0.15, -0.1) is 0 Å². The Morgan fingerprint density at radius 3 is 2.50 bits per heavy atom. The molecule has 3 heteroatoms. The highest BCUT2D eigenvalue weighted by Crippen LogP contribution is 2.28. The number of nitrogens with one attached hydrogen (secondary N) is 1. The van der Waals surface area contributed by atoms with Gasteiger partial charge in [-0.1, -0.05) is 54.1 Å². The van der Waals surface area contributed by atoms with Gasteiger partial charge in [-0.05, 0) is 41.6 Å². The van der Waals surface area contributed by atoms with Crippen molar-refractivity contribution in [1.82, 2.24) is 5.32 Å². The van der Waals surface area contributed by atoms with Gasteiger partial charge in [-0.2, -0.15) is 0 Å². The summed E-state index contributed by atoms with van der Waals surface area (Å²) >= 11 is 5.91. The van der Waals surface area contributed by atoms with Gasteiger partial charge in [0.15, 0.2) is 0 Å². The Hall–Kier alpha value is -2.03. The summed E-state index contributed by atoms with van der Waals surface area (Å²) in [6.07, 6.45) is 0. The normalized spacial score (nSPS) is 10.8. The number of halogens is 1. The molecule has 0 amide bonds. The van der Waals surface area contributed by atoms with E-state index in [-0.39, 0.29) is 0 Å². The summed E-state index contributed by atoms with van der Waals surface area (Å²) < 4.78 is 6.04. The van der Waals surface area contributed by atoms with Crippen molar-refractivity contribution in [3.63, 3.8) is 0 Å². The van der Waals surface area contributed by atoms with E-state index in [1.54, 1.807) is 0 Å². The minimum Gasteiger partial charge on any atom is -0.489 e. The number of ether oxygens (including phenoxy) is 1. The van der Waals surface area contributed by atoms with E-state index in [4.69, 9.17) is 16.3 Å². The van der Waals surface area contributed by atoms with Crippen LogP contribution < -0.4 is 10.1 Å². The predicted molar refractivity (Wildman–Crippen MR) is 92.5 cm³/mol. The zero-order valence-corrected chi connectivity index (χ0v) is 13.2. The zero-order valence-electron chi connectivity index (χ0n) is 12.5. The fourth-order valence-corrected chi connectivity index (χ4v) is 2.68. The van der Waals surface area contributed by atoms with Crippen molar-refractivity contribution in [3.05, 3.63) is 76.8 Å². The van der Waals surface area contributed by atoms with Crippen LogP contribution in [0.25, 0.3) is 10.8 Å². The maximum Gasteiger partial charge on any atom is 0.124 e. The van der Waals surface area contributed by atoms with Gasteiger partial charge in [-0.3, -0.25) is 0 Å². The predicted octanol–water partition coefficient (Wildman–Crippen LogP) is 4.79. The second-order valence-electron chi connectivity index (χ2n) is 5.21. The molecule has 0 aliphatic carbocycles. The van der Waals surface area contributed by atoms with E-state index in [1.807, 2.05) is 37.4 Å². The number of rotatable bonds is 5. The molecule has 0 radical (unpaired) electrons. The lowest BCUT2D eigenvalue weighted by molar-refractivity contribution is 0.303. The summed E-state index contributed by atoms with van der Waals surface area (Å²) in [7, 11) is 1.95. The molecule has 112 valence electrons. The average molecular weight is 312 g/mol. The fraction of sp³-hybridized carbons (Fsp3) is 0.158. The Bertz CT molecular complexity index is 768. The van der Waals surface area contributed by atoms with Gasteiger partial charge in [0.05, 0.1) is 0 Å². The molecule has 0 atom stereocenters. The molecular formula is C19H18ClNO. The maximum absolute atomic E-state index is 6.04. The highest BCUT2D eigenvalue weighted by atomic mass is 35.5. The lowest BCUT2D eigenvalue weighted by Crippen LogP contribution is -2.08. The molecule has 0 aliphatic heterocycles. The molecule has 3 rings (SSSR count). The monoisotopic (exact) mass is 311 g/mol. The Labute approximate surface area is 135 Å². The van der Waals surface area contributed by atoms with Gasteiger partial charge < -0.3 is 10.1 Å². The van der Waals surface area contributed by atoms with Gasteiger partial charge in [-0.25, -0.2) is 0 Å². The van der Waals surface area contributed by atoms with Crippen LogP contribution in [-0.4, -0.2) is 7.05 Å². The molecule has 22 heavy (non-hydrogen) atoms. The molecule has 0 heterocycles. The van der Waals surface area contributed by atoms with E-state index in [0.717, 1.165) is 22.9 Å². The Balaban J connectivity index is 1.89. The highest BCUT2D eigenvalue weighted by Gasteiger charge is 2.08. The van der Waals surface area contributed by atoms with E-state index in [2.05, 4.69) is 35.6 Å². The van der Waals surface area contributed by atoms with Crippen LogP contribution in [0.15, 0.2) is 60.7 Å². The molecule has 0 aliphatic rings. The Kier molecular flexibility index (Phi) is 4.62. The third kappa shape index (κ3) is 3.24. The highest BCUT2D eigenvalue weighted by molar-refractivity contribution is 6.30. The quantitative estimate of drug-likeness (QED) is 0.731. The summed E-state index contributed by atoms with van der Waals surface area (Å²) in [6.45, 7) is 1.31. The van der Waals surface area contributed by atoms with Gasteiger partial charge in [0.25, 0.3) is 0 Å². The SMILES string of the molecule is CNCc1c(OCc2ccc(Cl)cc2)ccc2ccccc12. The van der Waals surface area contributed by atoms with Crippen LogP contribution in [0.1, 0.15) is 11.1 Å². The lowest BCUT2D eigenvalue weighted by Gasteiger charge is -2.14. The third-order valence-corrected chi connectivity index (χ3v) is 3.91. The first-order valence-corrected chi connectivity index (χ1v) is 7.68. The van der Waals surface area contributed by atoms with Crippen molar-refractivity contribution in [3.8, 4) is 5.75 Å². The zero-order chi connectivity index (χ0) is 15.4. The van der Waals surface area contributed by atoms with Crippen LogP contribution in [0.3, 0.4) is 0 Å². The number of benzene rings is 3. The largest absolute Gasteiger partial charge is 0.489 e. The molecule has 0 bridgehead atoms. The molecule has 0 saturated carbocycles. The molecule has 0 unspecified atom stereocenters. The smallest absolute Gasteiger partial charge is 0.124 e. The van der Waals surface area contributed by atoms with Crippen LogP contribution in [0.2, 0.25) is 5.02 Å². The van der Waals surface area contributed by atoms with Gasteiger partial charge in [0.1, 0.15) is 12.4 Å². The average Bonchev–Trinajstić information content (AvgIpc) is 2.56. The van der Waals surface area contributed by atoms with Gasteiger partial charge in [0, 0.05) is 17.1 Å². The summed E-state index contributed by atoms with van der Waals surface area (Å²) in [5.41, 5.74) is 2.29. The second-order valence-corrected chi connectivity index (χ2v) is 5.65. The standard InChI is InChI=1S/C19H18ClNO/c1-21-12-18-17-5-3-2-4-15(17)8-11-19(18)22-13-14-6-9-16(20)10-7-14/h2-11,21H,12-13H2,1H3. The summed E-state index contributed by atoms with van der Waals surface area (Å²) in [5, 5.41) is 6.42. The first kappa shape index (κ1) is 14.9. The molecular weight excluding hydrogens is 294 g/mol. The summed E-state index contributed by atoms with van der Waals surface area (Å²) in [4.78, 5) is 0. The Morgan fingerprint density at radius 1 is 0.955 bits per heavy atom. The van der Waals surface area contributed by atoms with Crippen LogP contribution in [0.5, 0.6) is 5.75 Å². The van der Waals surface area contributed by atoms with E-state index < -0.39 is 0 Å². The van der Waals surface area contributed by atoms with E-state index >= 15 is 0 Å². The molecule has 2 nitrogen and oxygen atoms in total. The van der Waals surface area contributed by atoms with Crippen molar-refractivity contribution < 1.29 is 4.74 Å². The van der Waals surface area contributed by atoms with Crippen molar-refractivity contribution in [2.24, 2.45) is 0 Å². The first-order valence-electron chi connectivity index (χ1n) is 7.30. The molecule has 3 aromatic rings. The van der Waals surface area contributed by atoms with Crippen LogP contribution >= 0.6 is 11.6 Å². The molecule has 0 aromatic heterocycles. The summed E-state index contributed by atoms with van der Waals surface area (Å²) in [6, 6.07) is 20.3. The topological polar surface area (TPSA) is 21.3 Å². The van der Waals surface area contributed by atoms with E-state index in [1.165, 1.54) is 16.3 Å². The lowest BCUT2D eigenvalue weighted by atomic mass is 10.0. The Morgan fingerprint density at radius 2 is 1.73 bits per heavy atom. The minimum absolute atomic E-state index is 0.534. The van der Waals surface area contributed by atoms with Crippen molar-refractivity contribution in [2.75, 3.05) is 7.05 Å². The molecule has 3 aromatic carbocycles. The molecule has 0 fully saturated rings. The fourth-order valence-electron chi connectivity index (χ4n) is 2.55. The van der Waals surface area contributed by atoms with E-state index in [0.29, 0.717) is 6.61 Å². The number of hydrogen-bond acceptors (Lipinski definition) is 2. The van der Waals surface area contributed by atoms with E-state index in [9.17, 15) is 0 Å². The number of fused-ring (bicyclic) bond motifs is 1.